The molecule has 4 nitrogen and oxygen atoms in total. The standard InChI is InChI=1S/C14H19ClN2O2/c1-2-3-10-12(15)16-14(19)17(13(10)18)11-7-8-4-5-9(11)6-8/h8-9,11H,2-7H2,1H3,(H,16,19). The third-order valence-electron chi connectivity index (χ3n) is 4.71. The number of H-pyrrole nitrogens is 1. The molecular formula is C14H19ClN2O2. The molecule has 2 aliphatic rings. The molecule has 2 saturated carbocycles. The molecule has 0 saturated heterocycles. The maximum atomic E-state index is 12.5. The van der Waals surface area contributed by atoms with E-state index in [-0.39, 0.29) is 22.4 Å². The summed E-state index contributed by atoms with van der Waals surface area (Å²) in [5, 5.41) is 0.219. The van der Waals surface area contributed by atoms with Crippen LogP contribution in [0.3, 0.4) is 0 Å². The number of rotatable bonds is 3. The molecule has 104 valence electrons. The highest BCUT2D eigenvalue weighted by molar-refractivity contribution is 6.30. The first-order valence-corrected chi connectivity index (χ1v) is 7.52. The molecule has 19 heavy (non-hydrogen) atoms. The Morgan fingerprint density at radius 3 is 2.68 bits per heavy atom. The fourth-order valence-electron chi connectivity index (χ4n) is 3.86. The molecule has 1 heterocycles. The number of nitrogens with one attached hydrogen (secondary N) is 1. The Kier molecular flexibility index (Phi) is 3.29. The van der Waals surface area contributed by atoms with E-state index < -0.39 is 0 Å². The predicted molar refractivity (Wildman–Crippen MR) is 74.8 cm³/mol. The Morgan fingerprint density at radius 2 is 2.11 bits per heavy atom. The second-order valence-corrected chi connectivity index (χ2v) is 6.27. The maximum absolute atomic E-state index is 12.5. The first kappa shape index (κ1) is 13.0. The lowest BCUT2D eigenvalue weighted by Crippen LogP contribution is -2.41. The van der Waals surface area contributed by atoms with Gasteiger partial charge in [-0.1, -0.05) is 31.4 Å². The Bertz CT molecular complexity index is 604. The predicted octanol–water partition coefficient (Wildman–Crippen LogP) is 2.50. The number of halogens is 1. The summed E-state index contributed by atoms with van der Waals surface area (Å²) in [6.07, 6.45) is 6.01. The third-order valence-corrected chi connectivity index (χ3v) is 5.03. The summed E-state index contributed by atoms with van der Waals surface area (Å²) in [6, 6.07) is 0.0860. The van der Waals surface area contributed by atoms with Gasteiger partial charge in [-0.2, -0.15) is 0 Å². The van der Waals surface area contributed by atoms with Gasteiger partial charge in [0.1, 0.15) is 5.15 Å². The van der Waals surface area contributed by atoms with Gasteiger partial charge in [-0.05, 0) is 37.5 Å². The van der Waals surface area contributed by atoms with Crippen molar-refractivity contribution in [1.82, 2.24) is 9.55 Å². The molecule has 0 radical (unpaired) electrons. The zero-order chi connectivity index (χ0) is 13.6. The summed E-state index contributed by atoms with van der Waals surface area (Å²) in [7, 11) is 0. The second kappa shape index (κ2) is 4.82. The average molecular weight is 283 g/mol. The van der Waals surface area contributed by atoms with E-state index in [1.54, 1.807) is 0 Å². The van der Waals surface area contributed by atoms with E-state index in [1.165, 1.54) is 17.4 Å². The normalized spacial score (nSPS) is 29.1. The molecule has 1 aromatic rings. The van der Waals surface area contributed by atoms with Crippen LogP contribution in [-0.2, 0) is 6.42 Å². The summed E-state index contributed by atoms with van der Waals surface area (Å²) in [6.45, 7) is 2.00. The smallest absolute Gasteiger partial charge is 0.297 e. The number of hydrogen-bond donors (Lipinski definition) is 1. The van der Waals surface area contributed by atoms with Gasteiger partial charge in [-0.3, -0.25) is 14.3 Å². The van der Waals surface area contributed by atoms with Gasteiger partial charge >= 0.3 is 5.69 Å². The Morgan fingerprint density at radius 1 is 1.32 bits per heavy atom. The van der Waals surface area contributed by atoms with Gasteiger partial charge in [0.05, 0.1) is 5.56 Å². The van der Waals surface area contributed by atoms with Crippen LogP contribution in [0.15, 0.2) is 9.59 Å². The number of hydrogen-bond acceptors (Lipinski definition) is 2. The summed E-state index contributed by atoms with van der Waals surface area (Å²) in [4.78, 5) is 27.3. The molecule has 1 N–H and O–H groups in total. The van der Waals surface area contributed by atoms with Crippen LogP contribution in [0, 0.1) is 11.8 Å². The van der Waals surface area contributed by atoms with E-state index in [0.29, 0.717) is 23.8 Å². The first-order valence-electron chi connectivity index (χ1n) is 7.15. The van der Waals surface area contributed by atoms with Crippen molar-refractivity contribution in [2.24, 2.45) is 11.8 Å². The van der Waals surface area contributed by atoms with E-state index >= 15 is 0 Å². The van der Waals surface area contributed by atoms with E-state index in [0.717, 1.165) is 19.3 Å². The zero-order valence-electron chi connectivity index (χ0n) is 11.1. The topological polar surface area (TPSA) is 54.9 Å². The van der Waals surface area contributed by atoms with Crippen molar-refractivity contribution in [2.75, 3.05) is 0 Å². The van der Waals surface area contributed by atoms with Gasteiger partial charge in [0.25, 0.3) is 5.56 Å². The van der Waals surface area contributed by atoms with Crippen molar-refractivity contribution in [3.8, 4) is 0 Å². The van der Waals surface area contributed by atoms with Gasteiger partial charge < -0.3 is 0 Å². The Balaban J connectivity index is 2.08. The highest BCUT2D eigenvalue weighted by atomic mass is 35.5. The summed E-state index contributed by atoms with van der Waals surface area (Å²) in [5.74, 6) is 1.20. The third kappa shape index (κ3) is 2.06. The molecule has 2 aliphatic carbocycles. The molecular weight excluding hydrogens is 264 g/mol. The Hall–Kier alpha value is -1.03. The van der Waals surface area contributed by atoms with Crippen molar-refractivity contribution in [2.45, 2.75) is 51.5 Å². The largest absolute Gasteiger partial charge is 0.329 e. The van der Waals surface area contributed by atoms with Crippen LogP contribution >= 0.6 is 11.6 Å². The number of fused-ring (bicyclic) bond motifs is 2. The minimum atomic E-state index is -0.340. The van der Waals surface area contributed by atoms with Crippen molar-refractivity contribution in [1.29, 1.82) is 0 Å². The van der Waals surface area contributed by atoms with Gasteiger partial charge in [0, 0.05) is 6.04 Å². The number of aromatic nitrogens is 2. The second-order valence-electron chi connectivity index (χ2n) is 5.89. The van der Waals surface area contributed by atoms with Crippen molar-refractivity contribution in [3.63, 3.8) is 0 Å². The average Bonchev–Trinajstić information content (AvgIpc) is 2.96. The van der Waals surface area contributed by atoms with Gasteiger partial charge in [0.2, 0.25) is 0 Å². The van der Waals surface area contributed by atoms with E-state index in [4.69, 9.17) is 11.6 Å². The van der Waals surface area contributed by atoms with Gasteiger partial charge in [-0.25, -0.2) is 4.79 Å². The van der Waals surface area contributed by atoms with Crippen LogP contribution in [0.5, 0.6) is 0 Å². The first-order chi connectivity index (χ1) is 9.11. The van der Waals surface area contributed by atoms with Gasteiger partial charge in [-0.15, -0.1) is 0 Å². The molecule has 3 rings (SSSR count). The van der Waals surface area contributed by atoms with E-state index in [1.807, 2.05) is 6.92 Å². The molecule has 0 aliphatic heterocycles. The highest BCUT2D eigenvalue weighted by Gasteiger charge is 2.41. The summed E-state index contributed by atoms with van der Waals surface area (Å²) >= 11 is 6.00. The molecule has 0 amide bonds. The lowest BCUT2D eigenvalue weighted by Gasteiger charge is -2.23. The van der Waals surface area contributed by atoms with Crippen LogP contribution in [0.1, 0.15) is 50.6 Å². The Labute approximate surface area is 116 Å². The number of nitrogens with zero attached hydrogens (tertiary/aromatic N) is 1. The van der Waals surface area contributed by atoms with Crippen molar-refractivity contribution >= 4 is 11.6 Å². The van der Waals surface area contributed by atoms with Gasteiger partial charge in [0.15, 0.2) is 0 Å². The molecule has 2 fully saturated rings. The minimum Gasteiger partial charge on any atom is -0.297 e. The molecule has 0 aromatic carbocycles. The maximum Gasteiger partial charge on any atom is 0.329 e. The highest BCUT2D eigenvalue weighted by Crippen LogP contribution is 2.49. The molecule has 3 unspecified atom stereocenters. The fraction of sp³-hybridized carbons (Fsp3) is 0.714. The SMILES string of the molecule is CCCc1c(Cl)[nH]c(=O)n(C2CC3CCC2C3)c1=O. The quantitative estimate of drug-likeness (QED) is 0.866. The fourth-order valence-corrected chi connectivity index (χ4v) is 4.11. The summed E-state index contributed by atoms with van der Waals surface area (Å²) in [5.41, 5.74) is 0.0482. The minimum absolute atomic E-state index is 0.0860. The van der Waals surface area contributed by atoms with E-state index in [9.17, 15) is 9.59 Å². The molecule has 0 spiro atoms. The van der Waals surface area contributed by atoms with Crippen LogP contribution in [0.4, 0.5) is 0 Å². The molecule has 5 heteroatoms. The zero-order valence-corrected chi connectivity index (χ0v) is 11.9. The molecule has 2 bridgehead atoms. The molecule has 1 aromatic heterocycles. The van der Waals surface area contributed by atoms with Crippen LogP contribution in [0.2, 0.25) is 5.15 Å². The van der Waals surface area contributed by atoms with Crippen molar-refractivity contribution < 1.29 is 0 Å². The van der Waals surface area contributed by atoms with Crippen LogP contribution < -0.4 is 11.2 Å². The van der Waals surface area contributed by atoms with Crippen molar-refractivity contribution in [3.05, 3.63) is 31.6 Å². The monoisotopic (exact) mass is 282 g/mol. The lowest BCUT2D eigenvalue weighted by molar-refractivity contribution is 0.312. The van der Waals surface area contributed by atoms with E-state index in [2.05, 4.69) is 4.98 Å². The lowest BCUT2D eigenvalue weighted by atomic mass is 9.95. The van der Waals surface area contributed by atoms with Crippen LogP contribution in [0.25, 0.3) is 0 Å². The summed E-state index contributed by atoms with van der Waals surface area (Å²) < 4.78 is 1.45. The number of aromatic amines is 1. The molecule has 3 atom stereocenters. The van der Waals surface area contributed by atoms with Crippen LogP contribution in [-0.4, -0.2) is 9.55 Å².